The Morgan fingerprint density at radius 3 is 2.81 bits per heavy atom. The topological polar surface area (TPSA) is 62.5 Å². The van der Waals surface area contributed by atoms with E-state index in [2.05, 4.69) is 0 Å². The van der Waals surface area contributed by atoms with E-state index in [9.17, 15) is 14.7 Å². The summed E-state index contributed by atoms with van der Waals surface area (Å²) in [7, 11) is 1.44. The Kier molecular flexibility index (Phi) is 3.53. The molecule has 3 aromatic rings. The Morgan fingerprint density at radius 1 is 1.38 bits per heavy atom. The van der Waals surface area contributed by atoms with Crippen LogP contribution in [0.5, 0.6) is 5.75 Å². The van der Waals surface area contributed by atoms with Crippen molar-refractivity contribution in [3.05, 3.63) is 68.9 Å². The average molecular weight is 375 g/mol. The number of halogens is 1. The first kappa shape index (κ1) is 13.4. The van der Waals surface area contributed by atoms with Gasteiger partial charge in [-0.3, -0.25) is 9.59 Å². The van der Waals surface area contributed by atoms with Crippen LogP contribution in [0.1, 0.15) is 28.3 Å². The Hall–Kier alpha value is -2.79. The second-order valence-electron chi connectivity index (χ2n) is 5.74. The fourth-order valence-electron chi connectivity index (χ4n) is 2.82. The molecule has 0 saturated heterocycles. The number of benzene rings is 2. The van der Waals surface area contributed by atoms with Crippen molar-refractivity contribution in [1.29, 1.82) is 0 Å². The first-order valence-electron chi connectivity index (χ1n) is 9.93. The zero-order valence-electron chi connectivity index (χ0n) is 18.5. The monoisotopic (exact) mass is 374 g/mol. The van der Waals surface area contributed by atoms with E-state index in [1.54, 1.807) is 19.1 Å². The van der Waals surface area contributed by atoms with Crippen LogP contribution >= 0.6 is 11.6 Å². The smallest absolute Gasteiger partial charge is 0.267 e. The van der Waals surface area contributed by atoms with Gasteiger partial charge in [-0.15, -0.1) is 0 Å². The van der Waals surface area contributed by atoms with Gasteiger partial charge in [-0.05, 0) is 43.6 Å². The van der Waals surface area contributed by atoms with Crippen LogP contribution in [0.2, 0.25) is 5.02 Å². The minimum absolute atomic E-state index is 0.0318. The van der Waals surface area contributed by atoms with E-state index in [0.717, 1.165) is 4.90 Å². The highest BCUT2D eigenvalue weighted by atomic mass is 35.5. The summed E-state index contributed by atoms with van der Waals surface area (Å²) < 4.78 is 33.5. The first-order chi connectivity index (χ1) is 14.0. The molecule has 0 atom stereocenters. The van der Waals surface area contributed by atoms with Crippen molar-refractivity contribution >= 4 is 34.1 Å². The van der Waals surface area contributed by atoms with E-state index in [4.69, 9.17) is 17.1 Å². The highest BCUT2D eigenvalue weighted by Crippen LogP contribution is 2.33. The number of fused-ring (bicyclic) bond motifs is 1. The van der Waals surface area contributed by atoms with Crippen molar-refractivity contribution in [3.63, 3.8) is 0 Å². The lowest BCUT2D eigenvalue weighted by atomic mass is 10.1. The number of carbonyl (C=O) groups excluding carboxylic acids is 1. The maximum Gasteiger partial charge on any atom is 0.267 e. The Bertz CT molecular complexity index is 1240. The molecule has 26 heavy (non-hydrogen) atoms. The molecule has 134 valence electrons. The summed E-state index contributed by atoms with van der Waals surface area (Å²) in [5.41, 5.74) is -1.02. The lowest BCUT2D eigenvalue weighted by Gasteiger charge is -2.22. The third-order valence-electron chi connectivity index (χ3n) is 4.13. The molecule has 0 spiro atoms. The molecule has 0 aliphatic rings. The molecule has 0 aliphatic heterocycles. The fourth-order valence-corrected chi connectivity index (χ4v) is 3.08. The number of aryl methyl sites for hydroxylation is 1. The lowest BCUT2D eigenvalue weighted by Crippen LogP contribution is -2.36. The lowest BCUT2D eigenvalue weighted by molar-refractivity contribution is 0.0984. The van der Waals surface area contributed by atoms with E-state index in [1.807, 2.05) is 0 Å². The number of amides is 1. The zero-order chi connectivity index (χ0) is 22.5. The Labute approximate surface area is 161 Å². The number of nitrogens with zero attached hydrogens (tertiary/aromatic N) is 2. The van der Waals surface area contributed by atoms with Crippen LogP contribution in [0.15, 0.2) is 47.2 Å². The van der Waals surface area contributed by atoms with Crippen molar-refractivity contribution in [2.75, 3.05) is 11.4 Å². The molecule has 0 fully saturated rings. The number of rotatable bonds is 3. The van der Waals surface area contributed by atoms with Gasteiger partial charge in [0.15, 0.2) is 0 Å². The minimum Gasteiger partial charge on any atom is -0.506 e. The zero-order valence-corrected chi connectivity index (χ0v) is 15.2. The molecule has 0 saturated carbocycles. The third-order valence-corrected chi connectivity index (χ3v) is 4.44. The van der Waals surface area contributed by atoms with Crippen molar-refractivity contribution in [3.8, 4) is 5.75 Å². The van der Waals surface area contributed by atoms with Crippen molar-refractivity contribution in [2.24, 2.45) is 7.05 Å². The molecule has 3 rings (SSSR count). The van der Waals surface area contributed by atoms with Gasteiger partial charge in [-0.2, -0.15) is 0 Å². The summed E-state index contributed by atoms with van der Waals surface area (Å²) in [6, 6.07) is 3.29. The van der Waals surface area contributed by atoms with Crippen molar-refractivity contribution in [1.82, 2.24) is 4.57 Å². The van der Waals surface area contributed by atoms with Crippen LogP contribution in [-0.2, 0) is 7.05 Å². The molecule has 0 unspecified atom stereocenters. The molecule has 1 amide bonds. The molecular formula is C20H19ClN2O3. The maximum absolute atomic E-state index is 13.4. The van der Waals surface area contributed by atoms with Crippen LogP contribution in [0.3, 0.4) is 0 Å². The van der Waals surface area contributed by atoms with Gasteiger partial charge in [-0.25, -0.2) is 0 Å². The van der Waals surface area contributed by atoms with Gasteiger partial charge < -0.3 is 14.6 Å². The molecule has 1 aromatic heterocycles. The molecule has 5 nitrogen and oxygen atoms in total. The van der Waals surface area contributed by atoms with Gasteiger partial charge in [0.2, 0.25) is 0 Å². The SMILES string of the molecule is [2H]c1c([2H])c(C)c([2H])c(N(CC)C(=O)c2c(O)c3c(Cl)cccc3n(C)c2=O)c1[2H]. The van der Waals surface area contributed by atoms with Gasteiger partial charge in [0.05, 0.1) is 21.4 Å². The van der Waals surface area contributed by atoms with Gasteiger partial charge in [0.25, 0.3) is 11.5 Å². The third kappa shape index (κ3) is 2.84. The maximum atomic E-state index is 13.4. The molecule has 0 bridgehead atoms. The quantitative estimate of drug-likeness (QED) is 0.756. The van der Waals surface area contributed by atoms with E-state index >= 15 is 0 Å². The average Bonchev–Trinajstić information content (AvgIpc) is 2.72. The number of pyridine rings is 1. The summed E-state index contributed by atoms with van der Waals surface area (Å²) in [4.78, 5) is 27.3. The van der Waals surface area contributed by atoms with Crippen molar-refractivity contribution < 1.29 is 15.4 Å². The second-order valence-corrected chi connectivity index (χ2v) is 6.15. The predicted molar refractivity (Wildman–Crippen MR) is 104 cm³/mol. The molecule has 1 N–H and O–H groups in total. The van der Waals surface area contributed by atoms with Crippen LogP contribution in [-0.4, -0.2) is 22.1 Å². The number of aromatic hydroxyl groups is 1. The number of aromatic nitrogens is 1. The largest absolute Gasteiger partial charge is 0.506 e. The molecule has 0 radical (unpaired) electrons. The molecule has 6 heteroatoms. The van der Waals surface area contributed by atoms with Crippen LogP contribution in [0, 0.1) is 6.92 Å². The fraction of sp³-hybridized carbons (Fsp3) is 0.200. The Balaban J connectivity index is 2.34. The number of hydrogen-bond donors (Lipinski definition) is 1. The van der Waals surface area contributed by atoms with Crippen molar-refractivity contribution in [2.45, 2.75) is 13.8 Å². The van der Waals surface area contributed by atoms with Gasteiger partial charge in [0, 0.05) is 19.3 Å². The van der Waals surface area contributed by atoms with E-state index < -0.39 is 34.9 Å². The van der Waals surface area contributed by atoms with Gasteiger partial charge in [0.1, 0.15) is 11.3 Å². The standard InChI is InChI=1S/C20H19ClN2O3/c1-4-23(13-8-5-7-12(2)11-13)20(26)17-18(24)16-14(21)9-6-10-15(16)22(3)19(17)25/h5-11,24H,4H2,1-3H3/i5D,7D,8D,11D. The Morgan fingerprint density at radius 2 is 2.12 bits per heavy atom. The number of hydrogen-bond acceptors (Lipinski definition) is 3. The summed E-state index contributed by atoms with van der Waals surface area (Å²) in [6.45, 7) is 3.01. The number of carbonyl (C=O) groups is 1. The van der Waals surface area contributed by atoms with Crippen LogP contribution in [0.25, 0.3) is 10.9 Å². The van der Waals surface area contributed by atoms with E-state index in [0.29, 0.717) is 5.52 Å². The second kappa shape index (κ2) is 6.84. The first-order valence-corrected chi connectivity index (χ1v) is 8.31. The molecule has 0 aliphatic carbocycles. The van der Waals surface area contributed by atoms with E-state index in [1.165, 1.54) is 24.6 Å². The summed E-state index contributed by atoms with van der Waals surface area (Å²) in [5, 5.41) is 11.1. The molecule has 1 heterocycles. The van der Waals surface area contributed by atoms with Crippen LogP contribution < -0.4 is 10.5 Å². The van der Waals surface area contributed by atoms with Crippen LogP contribution in [0.4, 0.5) is 5.69 Å². The molecular weight excluding hydrogens is 352 g/mol. The predicted octanol–water partition coefficient (Wildman–Crippen LogP) is 3.87. The van der Waals surface area contributed by atoms with E-state index in [-0.39, 0.29) is 40.3 Å². The normalized spacial score (nSPS) is 13.1. The molecule has 2 aromatic carbocycles. The highest BCUT2D eigenvalue weighted by molar-refractivity contribution is 6.36. The van der Waals surface area contributed by atoms with Gasteiger partial charge >= 0.3 is 0 Å². The minimum atomic E-state index is -0.920. The van der Waals surface area contributed by atoms with Gasteiger partial charge in [-0.1, -0.05) is 29.8 Å². The number of anilines is 1. The summed E-state index contributed by atoms with van der Waals surface area (Å²) in [5.74, 6) is -1.50. The summed E-state index contributed by atoms with van der Waals surface area (Å²) >= 11 is 6.20. The highest BCUT2D eigenvalue weighted by Gasteiger charge is 2.26. The summed E-state index contributed by atoms with van der Waals surface area (Å²) in [6.07, 6.45) is 0.